The summed E-state index contributed by atoms with van der Waals surface area (Å²) in [6.45, 7) is 0.360. The number of ether oxygens (including phenoxy) is 3. The van der Waals surface area contributed by atoms with Crippen LogP contribution in [0.5, 0.6) is 40.2 Å². The zero-order chi connectivity index (χ0) is 32.2. The lowest BCUT2D eigenvalue weighted by molar-refractivity contribution is -0.140. The van der Waals surface area contributed by atoms with Gasteiger partial charge in [-0.3, -0.25) is 9.59 Å². The number of benzene rings is 4. The normalized spacial score (nSPS) is 11.7. The number of esters is 1. The van der Waals surface area contributed by atoms with Crippen molar-refractivity contribution in [2.75, 3.05) is 20.8 Å². The van der Waals surface area contributed by atoms with Gasteiger partial charge >= 0.3 is 5.97 Å². The standard InChI is InChI=1S/C34H30O11/c1-42-27-15-19(9-11-26(27)44-13-12-18-6-4-3-5-7-18)21(16-28(39)43-2)29-24(37)17-25(38)30-31(40)32(41)33(45-34(29)30)20-8-10-22(35)23(36)14-20/h3-11,14-15,17,21,35-38,41H,12-13,16H2,1-2H3. The molecule has 0 aliphatic carbocycles. The van der Waals surface area contributed by atoms with Gasteiger partial charge in [-0.15, -0.1) is 0 Å². The predicted molar refractivity (Wildman–Crippen MR) is 163 cm³/mol. The molecule has 5 rings (SSSR count). The van der Waals surface area contributed by atoms with Crippen molar-refractivity contribution in [2.45, 2.75) is 18.8 Å². The number of fused-ring (bicyclic) bond motifs is 1. The maximum Gasteiger partial charge on any atom is 0.306 e. The number of phenolic OH excluding ortho intramolecular Hbond substituents is 4. The Morgan fingerprint density at radius 1 is 0.822 bits per heavy atom. The van der Waals surface area contributed by atoms with Crippen molar-refractivity contribution >= 4 is 16.9 Å². The van der Waals surface area contributed by atoms with Crippen LogP contribution in [0.15, 0.2) is 82.0 Å². The highest BCUT2D eigenvalue weighted by atomic mass is 16.5. The summed E-state index contributed by atoms with van der Waals surface area (Å²) in [5.74, 6) is -4.39. The highest BCUT2D eigenvalue weighted by Gasteiger charge is 2.30. The van der Waals surface area contributed by atoms with E-state index in [1.807, 2.05) is 30.3 Å². The van der Waals surface area contributed by atoms with Crippen molar-refractivity contribution in [1.82, 2.24) is 0 Å². The summed E-state index contributed by atoms with van der Waals surface area (Å²) < 4.78 is 22.4. The fourth-order valence-electron chi connectivity index (χ4n) is 5.12. The van der Waals surface area contributed by atoms with E-state index in [2.05, 4.69) is 0 Å². The maximum absolute atomic E-state index is 13.4. The van der Waals surface area contributed by atoms with Gasteiger partial charge < -0.3 is 44.2 Å². The van der Waals surface area contributed by atoms with Crippen LogP contribution in [0.4, 0.5) is 0 Å². The zero-order valence-corrected chi connectivity index (χ0v) is 24.3. The minimum Gasteiger partial charge on any atom is -0.507 e. The van der Waals surface area contributed by atoms with E-state index in [1.54, 1.807) is 18.2 Å². The van der Waals surface area contributed by atoms with E-state index >= 15 is 0 Å². The lowest BCUT2D eigenvalue weighted by Crippen LogP contribution is -2.13. The van der Waals surface area contributed by atoms with Crippen LogP contribution in [-0.4, -0.2) is 52.3 Å². The fraction of sp³-hybridized carbons (Fsp3) is 0.176. The quantitative estimate of drug-likeness (QED) is 0.102. The van der Waals surface area contributed by atoms with E-state index in [-0.39, 0.29) is 23.1 Å². The molecule has 0 saturated carbocycles. The van der Waals surface area contributed by atoms with Crippen LogP contribution in [0.1, 0.15) is 29.0 Å². The summed E-state index contributed by atoms with van der Waals surface area (Å²) >= 11 is 0. The smallest absolute Gasteiger partial charge is 0.306 e. The van der Waals surface area contributed by atoms with Crippen LogP contribution >= 0.6 is 0 Å². The molecule has 0 spiro atoms. The summed E-state index contributed by atoms with van der Waals surface area (Å²) in [7, 11) is 2.65. The number of hydrogen-bond acceptors (Lipinski definition) is 11. The molecular weight excluding hydrogens is 584 g/mol. The van der Waals surface area contributed by atoms with Crippen molar-refractivity contribution in [3.8, 4) is 51.6 Å². The molecule has 0 radical (unpaired) electrons. The van der Waals surface area contributed by atoms with E-state index in [0.29, 0.717) is 30.1 Å². The number of rotatable bonds is 10. The third-order valence-corrected chi connectivity index (χ3v) is 7.40. The minimum absolute atomic E-state index is 0.0128. The second-order valence-electron chi connectivity index (χ2n) is 10.2. The van der Waals surface area contributed by atoms with Crippen LogP contribution in [0.25, 0.3) is 22.3 Å². The van der Waals surface area contributed by atoms with E-state index in [4.69, 9.17) is 18.6 Å². The molecule has 5 N–H and O–H groups in total. The highest BCUT2D eigenvalue weighted by molar-refractivity contribution is 5.92. The molecule has 4 aromatic carbocycles. The van der Waals surface area contributed by atoms with Crippen LogP contribution in [0, 0.1) is 0 Å². The second-order valence-corrected chi connectivity index (χ2v) is 10.2. The zero-order valence-electron chi connectivity index (χ0n) is 24.3. The Kier molecular flexibility index (Phi) is 8.71. The monoisotopic (exact) mass is 614 g/mol. The van der Waals surface area contributed by atoms with Crippen LogP contribution in [0.2, 0.25) is 0 Å². The first-order chi connectivity index (χ1) is 21.6. The number of carbonyl (C=O) groups is 1. The Balaban J connectivity index is 1.65. The summed E-state index contributed by atoms with van der Waals surface area (Å²) in [5, 5.41) is 51.9. The Hall–Kier alpha value is -5.84. The van der Waals surface area contributed by atoms with Crippen molar-refractivity contribution in [1.29, 1.82) is 0 Å². The van der Waals surface area contributed by atoms with E-state index in [9.17, 15) is 35.1 Å². The van der Waals surface area contributed by atoms with Gasteiger partial charge in [-0.25, -0.2) is 0 Å². The van der Waals surface area contributed by atoms with Gasteiger partial charge in [0, 0.05) is 29.5 Å². The van der Waals surface area contributed by atoms with Crippen LogP contribution < -0.4 is 14.9 Å². The second kappa shape index (κ2) is 12.8. The molecule has 0 saturated heterocycles. The third-order valence-electron chi connectivity index (χ3n) is 7.40. The molecule has 45 heavy (non-hydrogen) atoms. The van der Waals surface area contributed by atoms with Crippen molar-refractivity contribution < 1.29 is 49.0 Å². The summed E-state index contributed by atoms with van der Waals surface area (Å²) in [5.41, 5.74) is 0.126. The van der Waals surface area contributed by atoms with E-state index < -0.39 is 57.2 Å². The molecule has 0 aliphatic rings. The van der Waals surface area contributed by atoms with Crippen molar-refractivity contribution in [3.05, 3.63) is 99.7 Å². The van der Waals surface area contributed by atoms with E-state index in [1.165, 1.54) is 20.3 Å². The average molecular weight is 615 g/mol. The number of aromatic hydroxyl groups is 5. The molecule has 232 valence electrons. The number of carbonyl (C=O) groups excluding carboxylic acids is 1. The van der Waals surface area contributed by atoms with Gasteiger partial charge in [0.05, 0.1) is 27.2 Å². The molecule has 5 aromatic rings. The molecule has 11 nitrogen and oxygen atoms in total. The van der Waals surface area contributed by atoms with Gasteiger partial charge in [0.25, 0.3) is 0 Å². The van der Waals surface area contributed by atoms with Gasteiger partial charge in [-0.05, 0) is 41.5 Å². The van der Waals surface area contributed by atoms with Gasteiger partial charge in [0.2, 0.25) is 11.2 Å². The van der Waals surface area contributed by atoms with Crippen LogP contribution in [0.3, 0.4) is 0 Å². The van der Waals surface area contributed by atoms with Gasteiger partial charge in [0.15, 0.2) is 28.8 Å². The van der Waals surface area contributed by atoms with Gasteiger partial charge in [0.1, 0.15) is 22.5 Å². The van der Waals surface area contributed by atoms with Crippen molar-refractivity contribution in [2.24, 2.45) is 0 Å². The van der Waals surface area contributed by atoms with Crippen LogP contribution in [-0.2, 0) is 16.0 Å². The first-order valence-corrected chi connectivity index (χ1v) is 13.8. The maximum atomic E-state index is 13.4. The largest absolute Gasteiger partial charge is 0.507 e. The Morgan fingerprint density at radius 3 is 2.27 bits per heavy atom. The van der Waals surface area contributed by atoms with Crippen molar-refractivity contribution in [3.63, 3.8) is 0 Å². The molecule has 0 aliphatic heterocycles. The Morgan fingerprint density at radius 2 is 1.58 bits per heavy atom. The molecular formula is C34H30O11. The number of methoxy groups -OCH3 is 2. The van der Waals surface area contributed by atoms with Gasteiger partial charge in [-0.2, -0.15) is 0 Å². The topological polar surface area (TPSA) is 176 Å². The molecule has 1 heterocycles. The first kappa shape index (κ1) is 30.6. The lowest BCUT2D eigenvalue weighted by atomic mass is 9.86. The Labute approximate surface area is 256 Å². The average Bonchev–Trinajstić information content (AvgIpc) is 3.03. The molecule has 1 unspecified atom stereocenters. The van der Waals surface area contributed by atoms with Gasteiger partial charge in [-0.1, -0.05) is 36.4 Å². The first-order valence-electron chi connectivity index (χ1n) is 13.8. The summed E-state index contributed by atoms with van der Waals surface area (Å²) in [6.07, 6.45) is 0.318. The molecule has 0 bridgehead atoms. The molecule has 1 aromatic heterocycles. The SMILES string of the molecule is COC(=O)CC(c1ccc(OCCc2ccccc2)c(OC)c1)c1c(O)cc(O)c2c(=O)c(O)c(-c3ccc(O)c(O)c3)oc12. The predicted octanol–water partition coefficient (Wildman–Crippen LogP) is 5.31. The molecule has 0 fully saturated rings. The fourth-order valence-corrected chi connectivity index (χ4v) is 5.12. The Bertz CT molecular complexity index is 1930. The van der Waals surface area contributed by atoms with E-state index in [0.717, 1.165) is 23.8 Å². The molecule has 11 heteroatoms. The molecule has 1 atom stereocenters. The minimum atomic E-state index is -1.03. The number of phenols is 4. The third kappa shape index (κ3) is 6.14. The lowest BCUT2D eigenvalue weighted by Gasteiger charge is -2.22. The number of hydrogen-bond donors (Lipinski definition) is 5. The summed E-state index contributed by atoms with van der Waals surface area (Å²) in [4.78, 5) is 26.0. The summed E-state index contributed by atoms with van der Waals surface area (Å²) in [6, 6.07) is 19.1. The molecule has 0 amide bonds. The highest BCUT2D eigenvalue weighted by Crippen LogP contribution is 2.46.